The first kappa shape index (κ1) is 13.7. The third-order valence-electron chi connectivity index (χ3n) is 2.97. The Labute approximate surface area is 116 Å². The summed E-state index contributed by atoms with van der Waals surface area (Å²) in [5, 5.41) is 8.81. The van der Waals surface area contributed by atoms with Gasteiger partial charge in [0.25, 0.3) is 5.91 Å². The summed E-state index contributed by atoms with van der Waals surface area (Å²) in [6, 6.07) is 5.87. The molecule has 0 spiro atoms. The molecular weight excluding hydrogens is 321 g/mol. The molecule has 1 fully saturated rings. The van der Waals surface area contributed by atoms with Crippen molar-refractivity contribution in [1.29, 1.82) is 0 Å². The van der Waals surface area contributed by atoms with Crippen molar-refractivity contribution >= 4 is 33.8 Å². The van der Waals surface area contributed by atoms with Crippen LogP contribution in [0.5, 0.6) is 0 Å². The molecule has 0 aliphatic carbocycles. The van der Waals surface area contributed by atoms with Gasteiger partial charge in [-0.25, -0.2) is 9.18 Å². The van der Waals surface area contributed by atoms with E-state index in [0.717, 1.165) is 0 Å². The molecule has 1 aromatic carbocycles. The van der Waals surface area contributed by atoms with Crippen molar-refractivity contribution in [3.8, 4) is 0 Å². The number of imide groups is 3. The van der Waals surface area contributed by atoms with Gasteiger partial charge in [0.15, 0.2) is 0 Å². The number of hydrogen-bond acceptors (Lipinski definition) is 3. The van der Waals surface area contributed by atoms with E-state index in [4.69, 9.17) is 5.11 Å². The maximum Gasteiger partial charge on any atom is 0.421 e. The standard InChI is InChI=1S/C12H9BrFNO4/c13-8-3-1-7(2-4-8)12(14)6-5-9(16)15(10(12)17)11(18)19/h1-4H,5-6H2,(H,18,19). The summed E-state index contributed by atoms with van der Waals surface area (Å²) in [5.41, 5.74) is -2.44. The number of nitrogens with zero attached hydrogens (tertiary/aromatic N) is 1. The molecule has 0 saturated carbocycles. The van der Waals surface area contributed by atoms with Crippen molar-refractivity contribution in [3.05, 3.63) is 34.3 Å². The van der Waals surface area contributed by atoms with Gasteiger partial charge in [-0.3, -0.25) is 9.59 Å². The minimum absolute atomic E-state index is 0.0412. The number of carbonyl (C=O) groups is 3. The highest BCUT2D eigenvalue weighted by Gasteiger charge is 2.51. The topological polar surface area (TPSA) is 74.7 Å². The minimum Gasteiger partial charge on any atom is -0.464 e. The molecule has 1 saturated heterocycles. The number of carbonyl (C=O) groups excluding carboxylic acids is 2. The van der Waals surface area contributed by atoms with Gasteiger partial charge in [-0.15, -0.1) is 0 Å². The number of amides is 3. The molecular formula is C12H9BrFNO4. The number of carboxylic acid groups (broad SMARTS) is 1. The average molecular weight is 330 g/mol. The zero-order valence-corrected chi connectivity index (χ0v) is 11.2. The number of halogens is 2. The SMILES string of the molecule is O=C(O)N1C(=O)CCC(F)(c2ccc(Br)cc2)C1=O. The number of benzene rings is 1. The van der Waals surface area contributed by atoms with Crippen LogP contribution >= 0.6 is 15.9 Å². The maximum absolute atomic E-state index is 14.8. The lowest BCUT2D eigenvalue weighted by Crippen LogP contribution is -2.53. The Morgan fingerprint density at radius 2 is 1.89 bits per heavy atom. The number of likely N-dealkylation sites (tertiary alicyclic amines) is 1. The second-order valence-corrected chi connectivity index (χ2v) is 5.04. The second-order valence-electron chi connectivity index (χ2n) is 4.12. The Bertz CT molecular complexity index is 559. The van der Waals surface area contributed by atoms with E-state index < -0.39 is 23.6 Å². The van der Waals surface area contributed by atoms with Crippen molar-refractivity contribution in [2.24, 2.45) is 0 Å². The molecule has 1 atom stereocenters. The zero-order valence-electron chi connectivity index (χ0n) is 9.60. The molecule has 0 bridgehead atoms. The van der Waals surface area contributed by atoms with Crippen LogP contribution in [0.1, 0.15) is 18.4 Å². The summed E-state index contributed by atoms with van der Waals surface area (Å²) in [4.78, 5) is 34.1. The van der Waals surface area contributed by atoms with Gasteiger partial charge in [0.2, 0.25) is 11.6 Å². The van der Waals surface area contributed by atoms with E-state index in [1.807, 2.05) is 0 Å². The number of hydrogen-bond donors (Lipinski definition) is 1. The number of rotatable bonds is 1. The quantitative estimate of drug-likeness (QED) is 0.803. The number of alkyl halides is 1. The molecule has 0 aromatic heterocycles. The summed E-state index contributed by atoms with van der Waals surface area (Å²) >= 11 is 3.18. The van der Waals surface area contributed by atoms with Crippen molar-refractivity contribution in [2.45, 2.75) is 18.5 Å². The van der Waals surface area contributed by atoms with Crippen LogP contribution in [-0.2, 0) is 15.3 Å². The molecule has 2 rings (SSSR count). The molecule has 0 radical (unpaired) electrons. The van der Waals surface area contributed by atoms with Gasteiger partial charge in [0, 0.05) is 17.3 Å². The molecule has 1 aromatic rings. The van der Waals surface area contributed by atoms with Gasteiger partial charge in [-0.1, -0.05) is 28.1 Å². The summed E-state index contributed by atoms with van der Waals surface area (Å²) in [6.07, 6.45) is -2.44. The fraction of sp³-hybridized carbons (Fsp3) is 0.250. The lowest BCUT2D eigenvalue weighted by Gasteiger charge is -2.32. The summed E-state index contributed by atoms with van der Waals surface area (Å²) in [6.45, 7) is 0. The molecule has 7 heteroatoms. The van der Waals surface area contributed by atoms with Crippen molar-refractivity contribution in [1.82, 2.24) is 4.90 Å². The largest absolute Gasteiger partial charge is 0.464 e. The Hall–Kier alpha value is -1.76. The smallest absolute Gasteiger partial charge is 0.421 e. The van der Waals surface area contributed by atoms with Crippen LogP contribution in [0.2, 0.25) is 0 Å². The van der Waals surface area contributed by atoms with Crippen LogP contribution < -0.4 is 0 Å². The van der Waals surface area contributed by atoms with Gasteiger partial charge in [-0.05, 0) is 17.7 Å². The highest BCUT2D eigenvalue weighted by atomic mass is 79.9. The van der Waals surface area contributed by atoms with Gasteiger partial charge in [0.05, 0.1) is 0 Å². The van der Waals surface area contributed by atoms with E-state index in [1.54, 1.807) is 12.1 Å². The molecule has 3 amide bonds. The number of piperidine rings is 1. The highest BCUT2D eigenvalue weighted by Crippen LogP contribution is 2.37. The van der Waals surface area contributed by atoms with E-state index in [2.05, 4.69) is 15.9 Å². The predicted molar refractivity (Wildman–Crippen MR) is 66.0 cm³/mol. The van der Waals surface area contributed by atoms with Crippen LogP contribution in [-0.4, -0.2) is 27.9 Å². The van der Waals surface area contributed by atoms with Gasteiger partial charge >= 0.3 is 6.09 Å². The zero-order chi connectivity index (χ0) is 14.2. The first-order valence-electron chi connectivity index (χ1n) is 5.41. The fourth-order valence-corrected chi connectivity index (χ4v) is 2.23. The molecule has 1 aliphatic heterocycles. The molecule has 1 unspecified atom stereocenters. The van der Waals surface area contributed by atoms with E-state index in [0.29, 0.717) is 4.47 Å². The van der Waals surface area contributed by atoms with Gasteiger partial charge < -0.3 is 5.11 Å². The Morgan fingerprint density at radius 3 is 2.42 bits per heavy atom. The predicted octanol–water partition coefficient (Wildman–Crippen LogP) is 2.44. The maximum atomic E-state index is 14.8. The van der Waals surface area contributed by atoms with Crippen LogP contribution in [0.4, 0.5) is 9.18 Å². The third kappa shape index (κ3) is 2.25. The lowest BCUT2D eigenvalue weighted by atomic mass is 9.86. The third-order valence-corrected chi connectivity index (χ3v) is 3.50. The molecule has 1 N–H and O–H groups in total. The van der Waals surface area contributed by atoms with Crippen LogP contribution in [0.25, 0.3) is 0 Å². The Kier molecular flexibility index (Phi) is 3.40. The second kappa shape index (κ2) is 4.73. The first-order chi connectivity index (χ1) is 8.86. The summed E-state index contributed by atoms with van der Waals surface area (Å²) < 4.78 is 15.5. The fourth-order valence-electron chi connectivity index (χ4n) is 1.96. The summed E-state index contributed by atoms with van der Waals surface area (Å²) in [5.74, 6) is -2.25. The van der Waals surface area contributed by atoms with E-state index in [9.17, 15) is 18.8 Å². The van der Waals surface area contributed by atoms with Gasteiger partial charge in [-0.2, -0.15) is 4.90 Å². The van der Waals surface area contributed by atoms with E-state index in [1.165, 1.54) is 12.1 Å². The Morgan fingerprint density at radius 1 is 1.32 bits per heavy atom. The van der Waals surface area contributed by atoms with Crippen LogP contribution in [0.3, 0.4) is 0 Å². The average Bonchev–Trinajstić information content (AvgIpc) is 2.35. The minimum atomic E-state index is -2.48. The van der Waals surface area contributed by atoms with E-state index >= 15 is 0 Å². The molecule has 1 heterocycles. The van der Waals surface area contributed by atoms with Crippen LogP contribution in [0.15, 0.2) is 28.7 Å². The highest BCUT2D eigenvalue weighted by molar-refractivity contribution is 9.10. The normalized spacial score (nSPS) is 23.6. The van der Waals surface area contributed by atoms with Crippen molar-refractivity contribution < 1.29 is 23.9 Å². The van der Waals surface area contributed by atoms with Crippen LogP contribution in [0, 0.1) is 0 Å². The first-order valence-corrected chi connectivity index (χ1v) is 6.21. The monoisotopic (exact) mass is 329 g/mol. The summed E-state index contributed by atoms with van der Waals surface area (Å²) in [7, 11) is 0. The van der Waals surface area contributed by atoms with E-state index in [-0.39, 0.29) is 23.3 Å². The van der Waals surface area contributed by atoms with Crippen molar-refractivity contribution in [3.63, 3.8) is 0 Å². The molecule has 5 nitrogen and oxygen atoms in total. The van der Waals surface area contributed by atoms with Gasteiger partial charge in [0.1, 0.15) is 0 Å². The molecule has 19 heavy (non-hydrogen) atoms. The Balaban J connectivity index is 2.43. The lowest BCUT2D eigenvalue weighted by molar-refractivity contribution is -0.156. The molecule has 100 valence electrons. The van der Waals surface area contributed by atoms with Crippen molar-refractivity contribution in [2.75, 3.05) is 0 Å². The molecule has 1 aliphatic rings.